The number of nitrogens with zero attached hydrogens (tertiary/aromatic N) is 1. The van der Waals surface area contributed by atoms with E-state index < -0.39 is 16.1 Å². The van der Waals surface area contributed by atoms with Crippen LogP contribution in [0.3, 0.4) is 0 Å². The zero-order valence-corrected chi connectivity index (χ0v) is 13.7. The van der Waals surface area contributed by atoms with Gasteiger partial charge in [-0.3, -0.25) is 9.10 Å². The monoisotopic (exact) mass is 350 g/mol. The maximum atomic E-state index is 13.1. The van der Waals surface area contributed by atoms with Crippen LogP contribution in [0.4, 0.5) is 11.4 Å². The van der Waals surface area contributed by atoms with Gasteiger partial charge in [0.05, 0.1) is 16.3 Å². The summed E-state index contributed by atoms with van der Waals surface area (Å²) in [4.78, 5) is 12.5. The summed E-state index contributed by atoms with van der Waals surface area (Å²) in [6, 6.07) is 14.0. The summed E-state index contributed by atoms with van der Waals surface area (Å²) >= 11 is 5.79. The molecule has 120 valence electrons. The van der Waals surface area contributed by atoms with Crippen LogP contribution in [-0.4, -0.2) is 26.2 Å². The molecular weight excluding hydrogens is 336 g/mol. The van der Waals surface area contributed by atoms with Gasteiger partial charge in [0.15, 0.2) is 0 Å². The molecule has 0 saturated heterocycles. The Morgan fingerprint density at radius 2 is 1.70 bits per heavy atom. The largest absolute Gasteiger partial charge is 0.322 e. The first-order valence-electron chi connectivity index (χ1n) is 7.11. The van der Waals surface area contributed by atoms with E-state index in [1.54, 1.807) is 42.5 Å². The highest BCUT2D eigenvalue weighted by Crippen LogP contribution is 2.37. The van der Waals surface area contributed by atoms with Gasteiger partial charge in [0.25, 0.3) is 10.0 Å². The maximum absolute atomic E-state index is 13.1. The number of nitrogens with one attached hydrogen (secondary N) is 1. The standard InChI is InChI=1S/C16H15ClN2O3S/c17-11-10-15-16(20)18-13-8-4-5-9-14(13)19(15)23(21,22)12-6-2-1-3-7-12/h1-9,15H,10-11H2,(H,18,20). The van der Waals surface area contributed by atoms with E-state index in [4.69, 9.17) is 11.6 Å². The number of anilines is 2. The van der Waals surface area contributed by atoms with Crippen molar-refractivity contribution >= 4 is 38.9 Å². The van der Waals surface area contributed by atoms with E-state index in [1.165, 1.54) is 16.4 Å². The fourth-order valence-corrected chi connectivity index (χ4v) is 4.51. The lowest BCUT2D eigenvalue weighted by Gasteiger charge is -2.36. The lowest BCUT2D eigenvalue weighted by molar-refractivity contribution is -0.117. The summed E-state index contributed by atoms with van der Waals surface area (Å²) in [6.07, 6.45) is 0.230. The van der Waals surface area contributed by atoms with Crippen LogP contribution in [0.1, 0.15) is 6.42 Å². The van der Waals surface area contributed by atoms with Crippen molar-refractivity contribution in [2.45, 2.75) is 17.4 Å². The highest BCUT2D eigenvalue weighted by atomic mass is 35.5. The first-order valence-corrected chi connectivity index (χ1v) is 9.08. The molecule has 23 heavy (non-hydrogen) atoms. The van der Waals surface area contributed by atoms with Crippen LogP contribution in [0.5, 0.6) is 0 Å². The molecular formula is C16H15ClN2O3S. The molecule has 1 aliphatic rings. The van der Waals surface area contributed by atoms with E-state index in [9.17, 15) is 13.2 Å². The van der Waals surface area contributed by atoms with Crippen molar-refractivity contribution in [2.75, 3.05) is 15.5 Å². The molecule has 1 unspecified atom stereocenters. The second kappa shape index (κ2) is 6.22. The number of sulfonamides is 1. The number of halogens is 1. The summed E-state index contributed by atoms with van der Waals surface area (Å²) in [5.41, 5.74) is 0.925. The molecule has 0 aliphatic carbocycles. The second-order valence-electron chi connectivity index (χ2n) is 5.11. The van der Waals surface area contributed by atoms with Crippen LogP contribution in [-0.2, 0) is 14.8 Å². The Labute approximate surface area is 139 Å². The minimum atomic E-state index is -3.87. The van der Waals surface area contributed by atoms with Crippen LogP contribution in [0.15, 0.2) is 59.5 Å². The van der Waals surface area contributed by atoms with Gasteiger partial charge in [-0.2, -0.15) is 0 Å². The third-order valence-electron chi connectivity index (χ3n) is 3.67. The van der Waals surface area contributed by atoms with E-state index in [0.29, 0.717) is 11.4 Å². The number of rotatable bonds is 4. The fraction of sp³-hybridized carbons (Fsp3) is 0.188. The predicted octanol–water partition coefficient (Wildman–Crippen LogP) is 2.83. The number of amides is 1. The van der Waals surface area contributed by atoms with Gasteiger partial charge in [-0.15, -0.1) is 11.6 Å². The molecule has 0 radical (unpaired) electrons. The van der Waals surface area contributed by atoms with Gasteiger partial charge in [0, 0.05) is 5.88 Å². The SMILES string of the molecule is O=C1Nc2ccccc2N(S(=O)(=O)c2ccccc2)C1CCCl. The molecule has 0 spiro atoms. The Hall–Kier alpha value is -2.05. The number of para-hydroxylation sites is 2. The molecule has 0 saturated carbocycles. The summed E-state index contributed by atoms with van der Waals surface area (Å²) in [5, 5.41) is 2.74. The van der Waals surface area contributed by atoms with E-state index >= 15 is 0 Å². The number of fused-ring (bicyclic) bond motifs is 1. The molecule has 0 fully saturated rings. The molecule has 0 bridgehead atoms. The average Bonchev–Trinajstić information content (AvgIpc) is 2.56. The topological polar surface area (TPSA) is 66.5 Å². The van der Waals surface area contributed by atoms with Crippen molar-refractivity contribution in [1.29, 1.82) is 0 Å². The zero-order valence-electron chi connectivity index (χ0n) is 12.1. The van der Waals surface area contributed by atoms with Crippen molar-refractivity contribution in [1.82, 2.24) is 0 Å². The second-order valence-corrected chi connectivity index (χ2v) is 7.31. The molecule has 1 amide bonds. The number of carbonyl (C=O) groups is 1. The number of alkyl halides is 1. The minimum Gasteiger partial charge on any atom is -0.322 e. The highest BCUT2D eigenvalue weighted by molar-refractivity contribution is 7.93. The van der Waals surface area contributed by atoms with Crippen molar-refractivity contribution in [2.24, 2.45) is 0 Å². The Kier molecular flexibility index (Phi) is 4.28. The van der Waals surface area contributed by atoms with Crippen LogP contribution in [0, 0.1) is 0 Å². The number of hydrogen-bond donors (Lipinski definition) is 1. The number of hydrogen-bond acceptors (Lipinski definition) is 3. The van der Waals surface area contributed by atoms with Gasteiger partial charge in [-0.05, 0) is 30.7 Å². The molecule has 3 rings (SSSR count). The lowest BCUT2D eigenvalue weighted by atomic mass is 10.1. The molecule has 7 heteroatoms. The Morgan fingerprint density at radius 1 is 1.04 bits per heavy atom. The quantitative estimate of drug-likeness (QED) is 0.862. The zero-order chi connectivity index (χ0) is 16.4. The van der Waals surface area contributed by atoms with Crippen LogP contribution in [0.25, 0.3) is 0 Å². The van der Waals surface area contributed by atoms with E-state index in [1.807, 2.05) is 0 Å². The van der Waals surface area contributed by atoms with Gasteiger partial charge in [-0.25, -0.2) is 8.42 Å². The van der Waals surface area contributed by atoms with Crippen molar-refractivity contribution < 1.29 is 13.2 Å². The third-order valence-corrected chi connectivity index (χ3v) is 5.72. The predicted molar refractivity (Wildman–Crippen MR) is 90.3 cm³/mol. The molecule has 0 aromatic heterocycles. The third kappa shape index (κ3) is 2.80. The molecule has 5 nitrogen and oxygen atoms in total. The molecule has 2 aromatic rings. The first kappa shape index (κ1) is 15.8. The molecule has 1 atom stereocenters. The average molecular weight is 351 g/mol. The van der Waals surface area contributed by atoms with Gasteiger partial charge >= 0.3 is 0 Å². The number of benzene rings is 2. The van der Waals surface area contributed by atoms with Gasteiger partial charge in [-0.1, -0.05) is 30.3 Å². The van der Waals surface area contributed by atoms with Crippen LogP contribution in [0.2, 0.25) is 0 Å². The highest BCUT2D eigenvalue weighted by Gasteiger charge is 2.40. The summed E-state index contributed by atoms with van der Waals surface area (Å²) in [5.74, 6) is -0.190. The molecule has 1 heterocycles. The Bertz CT molecular complexity index is 824. The molecule has 1 aliphatic heterocycles. The van der Waals surface area contributed by atoms with Crippen LogP contribution < -0.4 is 9.62 Å². The summed E-state index contributed by atoms with van der Waals surface area (Å²) < 4.78 is 27.3. The van der Waals surface area contributed by atoms with Gasteiger partial charge < -0.3 is 5.32 Å². The Morgan fingerprint density at radius 3 is 2.39 bits per heavy atom. The van der Waals surface area contributed by atoms with Crippen LogP contribution >= 0.6 is 11.6 Å². The van der Waals surface area contributed by atoms with Crippen molar-refractivity contribution in [3.8, 4) is 0 Å². The molecule has 1 N–H and O–H groups in total. The molecule has 2 aromatic carbocycles. The fourth-order valence-electron chi connectivity index (χ4n) is 2.62. The maximum Gasteiger partial charge on any atom is 0.265 e. The Balaban J connectivity index is 2.18. The first-order chi connectivity index (χ1) is 11.1. The van der Waals surface area contributed by atoms with E-state index in [0.717, 1.165) is 0 Å². The number of carbonyl (C=O) groups excluding carboxylic acids is 1. The smallest absolute Gasteiger partial charge is 0.265 e. The lowest BCUT2D eigenvalue weighted by Crippen LogP contribution is -2.51. The summed E-state index contributed by atoms with van der Waals surface area (Å²) in [7, 11) is -3.87. The minimum absolute atomic E-state index is 0.143. The normalized spacial score (nSPS) is 17.5. The van der Waals surface area contributed by atoms with Gasteiger partial charge in [0.2, 0.25) is 5.91 Å². The van der Waals surface area contributed by atoms with Gasteiger partial charge in [0.1, 0.15) is 6.04 Å². The van der Waals surface area contributed by atoms with Crippen molar-refractivity contribution in [3.05, 3.63) is 54.6 Å². The van der Waals surface area contributed by atoms with Crippen molar-refractivity contribution in [3.63, 3.8) is 0 Å². The summed E-state index contributed by atoms with van der Waals surface area (Å²) in [6.45, 7) is 0. The van der Waals surface area contributed by atoms with E-state index in [2.05, 4.69) is 5.32 Å². The van der Waals surface area contributed by atoms with E-state index in [-0.39, 0.29) is 23.1 Å².